The number of likely N-dealkylation sites (tertiary alicyclic amines) is 1. The van der Waals surface area contributed by atoms with Crippen LogP contribution in [0.2, 0.25) is 5.02 Å². The Morgan fingerprint density at radius 2 is 2.35 bits per heavy atom. The molecule has 0 saturated carbocycles. The van der Waals surface area contributed by atoms with Gasteiger partial charge >= 0.3 is 0 Å². The average molecular weight is 338 g/mol. The number of halogens is 2. The summed E-state index contributed by atoms with van der Waals surface area (Å²) < 4.78 is 19.1. The Morgan fingerprint density at radius 1 is 1.52 bits per heavy atom. The maximum atomic E-state index is 13.9. The summed E-state index contributed by atoms with van der Waals surface area (Å²) in [6.07, 6.45) is 2.22. The molecule has 1 aromatic heterocycles. The highest BCUT2D eigenvalue weighted by Gasteiger charge is 2.34. The van der Waals surface area contributed by atoms with Crippen molar-refractivity contribution < 1.29 is 13.7 Å². The van der Waals surface area contributed by atoms with Crippen LogP contribution in [0.3, 0.4) is 0 Å². The van der Waals surface area contributed by atoms with Crippen LogP contribution in [0.4, 0.5) is 4.39 Å². The van der Waals surface area contributed by atoms with Crippen LogP contribution < -0.4 is 0 Å². The first-order valence-corrected chi connectivity index (χ1v) is 8.02. The zero-order valence-corrected chi connectivity index (χ0v) is 13.5. The standard InChI is InChI=1S/C16H17ClFN3O2/c1-2-14-19-16(23-20-14)13-7-4-8-21(13)15(22)9-10-11(17)5-3-6-12(10)18/h3,5-6,13H,2,4,7-9H2,1H3/t13-/m0/s1. The van der Waals surface area contributed by atoms with Gasteiger partial charge < -0.3 is 9.42 Å². The van der Waals surface area contributed by atoms with E-state index >= 15 is 0 Å². The Kier molecular flexibility index (Phi) is 4.61. The average Bonchev–Trinajstić information content (AvgIpc) is 3.18. The van der Waals surface area contributed by atoms with E-state index < -0.39 is 5.82 Å². The van der Waals surface area contributed by atoms with Gasteiger partial charge in [0.25, 0.3) is 0 Å². The van der Waals surface area contributed by atoms with E-state index in [0.717, 1.165) is 12.8 Å². The van der Waals surface area contributed by atoms with E-state index in [1.54, 1.807) is 11.0 Å². The van der Waals surface area contributed by atoms with E-state index in [4.69, 9.17) is 16.1 Å². The van der Waals surface area contributed by atoms with Crippen LogP contribution in [0.1, 0.15) is 43.1 Å². The first-order valence-electron chi connectivity index (χ1n) is 7.65. The molecule has 1 aliphatic heterocycles. The molecule has 2 heterocycles. The van der Waals surface area contributed by atoms with Gasteiger partial charge in [-0.3, -0.25) is 4.79 Å². The van der Waals surface area contributed by atoms with Crippen LogP contribution in [-0.4, -0.2) is 27.5 Å². The summed E-state index contributed by atoms with van der Waals surface area (Å²) in [6, 6.07) is 4.18. The Labute approximate surface area is 138 Å². The molecule has 1 aliphatic rings. The van der Waals surface area contributed by atoms with E-state index in [-0.39, 0.29) is 29.0 Å². The number of aryl methyl sites for hydroxylation is 1. The SMILES string of the molecule is CCc1noc([C@@H]2CCCN2C(=O)Cc2c(F)cccc2Cl)n1. The molecule has 0 radical (unpaired) electrons. The Balaban J connectivity index is 1.78. The van der Waals surface area contributed by atoms with E-state index in [0.29, 0.717) is 24.7 Å². The van der Waals surface area contributed by atoms with Gasteiger partial charge in [0.05, 0.1) is 6.42 Å². The molecule has 0 N–H and O–H groups in total. The number of aromatic nitrogens is 2. The molecule has 2 aromatic rings. The molecule has 1 saturated heterocycles. The number of carbonyl (C=O) groups is 1. The summed E-state index contributed by atoms with van der Waals surface area (Å²) in [5.74, 6) is 0.423. The number of carbonyl (C=O) groups excluding carboxylic acids is 1. The van der Waals surface area contributed by atoms with Crippen molar-refractivity contribution in [2.45, 2.75) is 38.6 Å². The van der Waals surface area contributed by atoms with E-state index in [1.165, 1.54) is 12.1 Å². The molecular formula is C16H17ClFN3O2. The monoisotopic (exact) mass is 337 g/mol. The Hall–Kier alpha value is -1.95. The lowest BCUT2D eigenvalue weighted by molar-refractivity contribution is -0.131. The highest BCUT2D eigenvalue weighted by atomic mass is 35.5. The van der Waals surface area contributed by atoms with Gasteiger partial charge in [-0.2, -0.15) is 4.98 Å². The molecule has 0 aliphatic carbocycles. The quantitative estimate of drug-likeness (QED) is 0.858. The van der Waals surface area contributed by atoms with Crippen molar-refractivity contribution in [3.8, 4) is 0 Å². The van der Waals surface area contributed by atoms with Gasteiger partial charge in [-0.1, -0.05) is 29.7 Å². The predicted molar refractivity (Wildman–Crippen MR) is 82.5 cm³/mol. The summed E-state index contributed by atoms with van der Waals surface area (Å²) >= 11 is 6.00. The van der Waals surface area contributed by atoms with Crippen LogP contribution in [-0.2, 0) is 17.6 Å². The number of nitrogens with zero attached hydrogens (tertiary/aromatic N) is 3. The molecule has 1 atom stereocenters. The number of rotatable bonds is 4. The topological polar surface area (TPSA) is 59.2 Å². The second-order valence-corrected chi connectivity index (χ2v) is 5.93. The molecule has 7 heteroatoms. The lowest BCUT2D eigenvalue weighted by Crippen LogP contribution is -2.32. The Bertz CT molecular complexity index is 699. The molecule has 0 unspecified atom stereocenters. The van der Waals surface area contributed by atoms with E-state index in [1.807, 2.05) is 6.92 Å². The zero-order chi connectivity index (χ0) is 16.4. The second kappa shape index (κ2) is 6.66. The third-order valence-corrected chi connectivity index (χ3v) is 4.40. The van der Waals surface area contributed by atoms with Gasteiger partial charge in [0.1, 0.15) is 11.9 Å². The summed E-state index contributed by atoms with van der Waals surface area (Å²) in [7, 11) is 0. The van der Waals surface area contributed by atoms with E-state index in [9.17, 15) is 9.18 Å². The highest BCUT2D eigenvalue weighted by Crippen LogP contribution is 2.32. The summed E-state index contributed by atoms with van der Waals surface area (Å²) in [4.78, 5) is 18.6. The van der Waals surface area contributed by atoms with Crippen molar-refractivity contribution >= 4 is 17.5 Å². The van der Waals surface area contributed by atoms with Crippen molar-refractivity contribution in [3.63, 3.8) is 0 Å². The van der Waals surface area contributed by atoms with Crippen LogP contribution in [0.15, 0.2) is 22.7 Å². The van der Waals surface area contributed by atoms with Crippen LogP contribution in [0.25, 0.3) is 0 Å². The molecule has 3 rings (SSSR count). The molecule has 122 valence electrons. The number of hydrogen-bond acceptors (Lipinski definition) is 4. The minimum Gasteiger partial charge on any atom is -0.337 e. The normalized spacial score (nSPS) is 17.7. The second-order valence-electron chi connectivity index (χ2n) is 5.52. The van der Waals surface area contributed by atoms with Gasteiger partial charge in [0, 0.05) is 23.6 Å². The van der Waals surface area contributed by atoms with Gasteiger partial charge in [-0.25, -0.2) is 4.39 Å². The van der Waals surface area contributed by atoms with Crippen molar-refractivity contribution in [2.24, 2.45) is 0 Å². The maximum absolute atomic E-state index is 13.9. The third kappa shape index (κ3) is 3.22. The lowest BCUT2D eigenvalue weighted by atomic mass is 10.1. The predicted octanol–water partition coefficient (Wildman–Crippen LogP) is 3.33. The molecule has 5 nitrogen and oxygen atoms in total. The molecule has 0 spiro atoms. The molecule has 1 fully saturated rings. The van der Waals surface area contributed by atoms with Crippen molar-refractivity contribution in [3.05, 3.63) is 46.3 Å². The molecule has 1 aromatic carbocycles. The minimum atomic E-state index is -0.465. The summed E-state index contributed by atoms with van der Waals surface area (Å²) in [5, 5.41) is 4.14. The Morgan fingerprint density at radius 3 is 3.04 bits per heavy atom. The molecule has 0 bridgehead atoms. The van der Waals surface area contributed by atoms with Crippen molar-refractivity contribution in [1.29, 1.82) is 0 Å². The smallest absolute Gasteiger partial charge is 0.249 e. The van der Waals surface area contributed by atoms with Crippen LogP contribution >= 0.6 is 11.6 Å². The van der Waals surface area contributed by atoms with Gasteiger partial charge in [-0.05, 0) is 25.0 Å². The number of benzene rings is 1. The third-order valence-electron chi connectivity index (χ3n) is 4.05. The summed E-state index contributed by atoms with van der Waals surface area (Å²) in [5.41, 5.74) is 0.226. The minimum absolute atomic E-state index is 0.0726. The first-order chi connectivity index (χ1) is 11.1. The van der Waals surface area contributed by atoms with Crippen molar-refractivity contribution in [2.75, 3.05) is 6.54 Å². The largest absolute Gasteiger partial charge is 0.337 e. The fourth-order valence-corrected chi connectivity index (χ4v) is 3.05. The molecule has 1 amide bonds. The zero-order valence-electron chi connectivity index (χ0n) is 12.8. The van der Waals surface area contributed by atoms with Crippen LogP contribution in [0.5, 0.6) is 0 Å². The maximum Gasteiger partial charge on any atom is 0.249 e. The van der Waals surface area contributed by atoms with Crippen molar-refractivity contribution in [1.82, 2.24) is 15.0 Å². The van der Waals surface area contributed by atoms with Gasteiger partial charge in [0.2, 0.25) is 11.8 Å². The fraction of sp³-hybridized carbons (Fsp3) is 0.438. The highest BCUT2D eigenvalue weighted by molar-refractivity contribution is 6.31. The van der Waals surface area contributed by atoms with E-state index in [2.05, 4.69) is 10.1 Å². The first kappa shape index (κ1) is 15.9. The number of hydrogen-bond donors (Lipinski definition) is 0. The van der Waals surface area contributed by atoms with Crippen LogP contribution in [0, 0.1) is 5.82 Å². The fourth-order valence-electron chi connectivity index (χ4n) is 2.82. The lowest BCUT2D eigenvalue weighted by Gasteiger charge is -2.22. The molecular weight excluding hydrogens is 321 g/mol. The van der Waals surface area contributed by atoms with Gasteiger partial charge in [-0.15, -0.1) is 0 Å². The van der Waals surface area contributed by atoms with Gasteiger partial charge in [0.15, 0.2) is 5.82 Å². The number of amides is 1. The summed E-state index contributed by atoms with van der Waals surface area (Å²) in [6.45, 7) is 2.53. The molecule has 23 heavy (non-hydrogen) atoms.